The Bertz CT molecular complexity index is 902. The number of carbonyl (C=O) groups is 1. The zero-order chi connectivity index (χ0) is 21.3. The number of aromatic carboxylic acids is 1. The molecule has 8 saturated carbocycles. The van der Waals surface area contributed by atoms with Gasteiger partial charge in [0, 0.05) is 0 Å². The molecule has 0 aliphatic heterocycles. The molecule has 8 aliphatic rings. The lowest BCUT2D eigenvalue weighted by Gasteiger charge is -2.76. The Hall–Kier alpha value is -1.31. The largest absolute Gasteiger partial charge is 0.478 e. The van der Waals surface area contributed by atoms with Crippen molar-refractivity contribution in [1.29, 1.82) is 0 Å². The van der Waals surface area contributed by atoms with Crippen molar-refractivity contribution in [2.75, 3.05) is 0 Å². The summed E-state index contributed by atoms with van der Waals surface area (Å²) < 4.78 is 0. The number of benzene rings is 1. The van der Waals surface area contributed by atoms with Crippen molar-refractivity contribution in [3.8, 4) is 0 Å². The summed E-state index contributed by atoms with van der Waals surface area (Å²) in [5.41, 5.74) is 4.18. The number of hydrogen-bond acceptors (Lipinski definition) is 1. The van der Waals surface area contributed by atoms with Crippen molar-refractivity contribution in [1.82, 2.24) is 0 Å². The molecule has 0 saturated heterocycles. The number of carboxylic acids is 1. The van der Waals surface area contributed by atoms with Gasteiger partial charge in [-0.15, -0.1) is 0 Å². The van der Waals surface area contributed by atoms with Crippen LogP contribution in [0.3, 0.4) is 0 Å². The average Bonchev–Trinajstić information content (AvgIpc) is 2.64. The minimum Gasteiger partial charge on any atom is -0.478 e. The van der Waals surface area contributed by atoms with Crippen LogP contribution in [-0.2, 0) is 5.41 Å². The fraction of sp³-hybridized carbons (Fsp3) is 0.759. The molecule has 8 aliphatic carbocycles. The zero-order valence-electron chi connectivity index (χ0n) is 19.4. The van der Waals surface area contributed by atoms with E-state index in [4.69, 9.17) is 0 Å². The van der Waals surface area contributed by atoms with Gasteiger partial charge >= 0.3 is 5.97 Å². The highest BCUT2D eigenvalue weighted by Crippen LogP contribution is 2.81. The van der Waals surface area contributed by atoms with Crippen molar-refractivity contribution in [2.45, 2.75) is 96.3 Å². The Kier molecular flexibility index (Phi) is 3.46. The third kappa shape index (κ3) is 2.48. The molecule has 2 atom stereocenters. The lowest BCUT2D eigenvalue weighted by atomic mass is 9.28. The molecular weight excluding hydrogens is 380 g/mol. The molecule has 0 radical (unpaired) electrons. The minimum atomic E-state index is -0.805. The van der Waals surface area contributed by atoms with Gasteiger partial charge in [0.1, 0.15) is 0 Å². The van der Waals surface area contributed by atoms with Crippen LogP contribution in [0.4, 0.5) is 0 Å². The van der Waals surface area contributed by atoms with Crippen LogP contribution in [0.1, 0.15) is 107 Å². The zero-order valence-corrected chi connectivity index (χ0v) is 19.4. The SMILES string of the molecule is CC12CC3(C)CC(c4ccc(C(=O)O)cc4)(C1)CC(C14CC5CC(CC(C5)C1)C4)(C2)C3. The fourth-order valence-corrected chi connectivity index (χ4v) is 12.3. The van der Waals surface area contributed by atoms with E-state index in [1.807, 2.05) is 12.1 Å². The van der Waals surface area contributed by atoms with Crippen molar-refractivity contribution in [2.24, 2.45) is 39.4 Å². The maximum absolute atomic E-state index is 11.5. The molecule has 8 fully saturated rings. The molecule has 1 aromatic rings. The second kappa shape index (κ2) is 5.60. The number of carboxylic acid groups (broad SMARTS) is 1. The molecule has 0 heterocycles. The number of rotatable bonds is 3. The van der Waals surface area contributed by atoms with Crippen molar-refractivity contribution < 1.29 is 9.90 Å². The summed E-state index contributed by atoms with van der Waals surface area (Å²) in [6.45, 7) is 5.25. The van der Waals surface area contributed by atoms with Crippen LogP contribution >= 0.6 is 0 Å². The van der Waals surface area contributed by atoms with E-state index in [1.54, 1.807) is 0 Å². The van der Waals surface area contributed by atoms with Gasteiger partial charge in [-0.1, -0.05) is 26.0 Å². The van der Waals surface area contributed by atoms with Gasteiger partial charge in [0.15, 0.2) is 0 Å². The summed E-state index contributed by atoms with van der Waals surface area (Å²) in [5.74, 6) is 2.25. The topological polar surface area (TPSA) is 37.3 Å². The average molecular weight is 419 g/mol. The van der Waals surface area contributed by atoms with Gasteiger partial charge in [0.25, 0.3) is 0 Å². The first-order valence-electron chi connectivity index (χ1n) is 13.0. The molecular formula is C29H38O2. The van der Waals surface area contributed by atoms with E-state index in [-0.39, 0.29) is 5.41 Å². The second-order valence-electron chi connectivity index (χ2n) is 14.3. The summed E-state index contributed by atoms with van der Waals surface area (Å²) in [4.78, 5) is 11.5. The Morgan fingerprint density at radius 1 is 0.742 bits per heavy atom. The lowest BCUT2D eigenvalue weighted by molar-refractivity contribution is -0.246. The summed E-state index contributed by atoms with van der Waals surface area (Å²) in [7, 11) is 0. The molecule has 8 bridgehead atoms. The highest BCUT2D eigenvalue weighted by molar-refractivity contribution is 5.87. The molecule has 2 nitrogen and oxygen atoms in total. The van der Waals surface area contributed by atoms with Gasteiger partial charge in [0.2, 0.25) is 0 Å². The molecule has 2 heteroatoms. The molecule has 2 unspecified atom stereocenters. The normalized spacial score (nSPS) is 53.8. The standard InChI is InChI=1S/C29H38O2/c1-25-13-26(2)15-27(14-25,23-5-3-22(4-6-23)24(30)31)18-29(16-25,17-26)28-10-19-7-20(11-28)9-21(8-19)12-28/h3-6,19-21H,7-18H2,1-2H3,(H,30,31). The van der Waals surface area contributed by atoms with E-state index >= 15 is 0 Å². The van der Waals surface area contributed by atoms with Crippen LogP contribution in [0.2, 0.25) is 0 Å². The summed E-state index contributed by atoms with van der Waals surface area (Å²) >= 11 is 0. The van der Waals surface area contributed by atoms with Crippen molar-refractivity contribution in [3.05, 3.63) is 35.4 Å². The fourth-order valence-electron chi connectivity index (χ4n) is 12.3. The first-order valence-corrected chi connectivity index (χ1v) is 13.0. The second-order valence-corrected chi connectivity index (χ2v) is 14.3. The first kappa shape index (κ1) is 19.2. The first-order chi connectivity index (χ1) is 14.6. The predicted octanol–water partition coefficient (Wildman–Crippen LogP) is 7.22. The van der Waals surface area contributed by atoms with Crippen LogP contribution in [0.15, 0.2) is 24.3 Å². The molecule has 1 aromatic carbocycles. The van der Waals surface area contributed by atoms with E-state index < -0.39 is 5.97 Å². The Morgan fingerprint density at radius 3 is 1.74 bits per heavy atom. The molecule has 1 N–H and O–H groups in total. The molecule has 166 valence electrons. The highest BCUT2D eigenvalue weighted by atomic mass is 16.4. The van der Waals surface area contributed by atoms with Gasteiger partial charge in [0.05, 0.1) is 5.56 Å². The van der Waals surface area contributed by atoms with E-state index in [2.05, 4.69) is 26.0 Å². The van der Waals surface area contributed by atoms with Crippen LogP contribution in [0.25, 0.3) is 0 Å². The summed E-state index contributed by atoms with van der Waals surface area (Å²) in [6, 6.07) is 8.13. The van der Waals surface area contributed by atoms with Crippen LogP contribution in [0, 0.1) is 39.4 Å². The van der Waals surface area contributed by atoms with Gasteiger partial charge in [-0.3, -0.25) is 0 Å². The van der Waals surface area contributed by atoms with Gasteiger partial charge in [-0.25, -0.2) is 4.79 Å². The molecule has 0 amide bonds. The van der Waals surface area contributed by atoms with Crippen LogP contribution in [-0.4, -0.2) is 11.1 Å². The predicted molar refractivity (Wildman–Crippen MR) is 122 cm³/mol. The van der Waals surface area contributed by atoms with Gasteiger partial charge in [-0.05, 0) is 140 Å². The van der Waals surface area contributed by atoms with Crippen molar-refractivity contribution in [3.63, 3.8) is 0 Å². The molecule has 0 aromatic heterocycles. The van der Waals surface area contributed by atoms with Crippen molar-refractivity contribution >= 4 is 5.97 Å². The number of hydrogen-bond donors (Lipinski definition) is 1. The maximum atomic E-state index is 11.5. The minimum absolute atomic E-state index is 0.263. The third-order valence-electron chi connectivity index (χ3n) is 11.5. The monoisotopic (exact) mass is 418 g/mol. The Balaban J connectivity index is 1.35. The van der Waals surface area contributed by atoms with E-state index in [0.717, 1.165) is 17.8 Å². The summed E-state index contributed by atoms with van der Waals surface area (Å²) in [6.07, 6.45) is 17.5. The molecule has 9 rings (SSSR count). The highest BCUT2D eigenvalue weighted by Gasteiger charge is 2.72. The van der Waals surface area contributed by atoms with Gasteiger partial charge in [-0.2, -0.15) is 0 Å². The van der Waals surface area contributed by atoms with E-state index in [1.165, 1.54) is 82.6 Å². The van der Waals surface area contributed by atoms with Gasteiger partial charge < -0.3 is 5.11 Å². The van der Waals surface area contributed by atoms with Crippen LogP contribution < -0.4 is 0 Å². The van der Waals surface area contributed by atoms with Crippen LogP contribution in [0.5, 0.6) is 0 Å². The lowest BCUT2D eigenvalue weighted by Crippen LogP contribution is -2.67. The Morgan fingerprint density at radius 2 is 1.26 bits per heavy atom. The maximum Gasteiger partial charge on any atom is 0.335 e. The quantitative estimate of drug-likeness (QED) is 0.562. The third-order valence-corrected chi connectivity index (χ3v) is 11.5. The molecule has 31 heavy (non-hydrogen) atoms. The molecule has 0 spiro atoms. The smallest absolute Gasteiger partial charge is 0.335 e. The summed E-state index contributed by atoms with van der Waals surface area (Å²) in [5, 5.41) is 9.43. The van der Waals surface area contributed by atoms with E-state index in [0.29, 0.717) is 27.2 Å². The Labute approximate surface area is 187 Å². The van der Waals surface area contributed by atoms with E-state index in [9.17, 15) is 9.90 Å².